The molecule has 136 valence electrons. The van der Waals surface area contributed by atoms with Crippen molar-refractivity contribution < 1.29 is 9.18 Å². The van der Waals surface area contributed by atoms with Crippen LogP contribution in [0, 0.1) is 11.7 Å². The highest BCUT2D eigenvalue weighted by molar-refractivity contribution is 5.96. The minimum Gasteiger partial charge on any atom is -0.335 e. The molecule has 2 aliphatic rings. The fourth-order valence-electron chi connectivity index (χ4n) is 4.29. The van der Waals surface area contributed by atoms with Gasteiger partial charge in [0.05, 0.1) is 5.69 Å². The first-order valence-electron chi connectivity index (χ1n) is 9.13. The summed E-state index contributed by atoms with van der Waals surface area (Å²) in [4.78, 5) is 15.2. The van der Waals surface area contributed by atoms with Gasteiger partial charge in [-0.1, -0.05) is 12.1 Å². The molecule has 1 aromatic heterocycles. The van der Waals surface area contributed by atoms with E-state index in [1.54, 1.807) is 12.1 Å². The summed E-state index contributed by atoms with van der Waals surface area (Å²) in [6, 6.07) is 12.2. The summed E-state index contributed by atoms with van der Waals surface area (Å²) in [5.41, 5.74) is 2.98. The second-order valence-corrected chi connectivity index (χ2v) is 7.32. The summed E-state index contributed by atoms with van der Waals surface area (Å²) in [6.45, 7) is 0.838. The summed E-state index contributed by atoms with van der Waals surface area (Å²) < 4.78 is 14.8. The van der Waals surface area contributed by atoms with Crippen molar-refractivity contribution in [3.63, 3.8) is 0 Å². The average molecular weight is 363 g/mol. The number of likely N-dealkylation sites (tertiary alicyclic amines) is 1. The third-order valence-electron chi connectivity index (χ3n) is 5.63. The van der Waals surface area contributed by atoms with Gasteiger partial charge in [-0.2, -0.15) is 0 Å². The van der Waals surface area contributed by atoms with Crippen LogP contribution in [-0.4, -0.2) is 43.6 Å². The number of amides is 1. The van der Waals surface area contributed by atoms with Crippen LogP contribution in [0.1, 0.15) is 29.6 Å². The molecular formula is C20H18FN5O. The molecule has 5 rings (SSSR count). The predicted molar refractivity (Wildman–Crippen MR) is 96.7 cm³/mol. The Labute approximate surface area is 155 Å². The summed E-state index contributed by atoms with van der Waals surface area (Å²) in [5, 5.41) is 11.3. The van der Waals surface area contributed by atoms with Gasteiger partial charge in [-0.15, -0.1) is 5.10 Å². The quantitative estimate of drug-likeness (QED) is 0.717. The van der Waals surface area contributed by atoms with E-state index in [0.717, 1.165) is 30.5 Å². The number of benzene rings is 2. The summed E-state index contributed by atoms with van der Waals surface area (Å²) in [5.74, 6) is 0.387. The first kappa shape index (κ1) is 16.1. The van der Waals surface area contributed by atoms with Crippen molar-refractivity contribution in [2.75, 3.05) is 6.54 Å². The number of carbonyl (C=O) groups excluding carboxylic acids is 1. The van der Waals surface area contributed by atoms with Gasteiger partial charge in [-0.3, -0.25) is 4.79 Å². The number of hydrogen-bond donors (Lipinski definition) is 0. The Morgan fingerprint density at radius 1 is 1.07 bits per heavy atom. The van der Waals surface area contributed by atoms with Gasteiger partial charge in [0, 0.05) is 18.2 Å². The molecule has 2 unspecified atom stereocenters. The normalized spacial score (nSPS) is 21.0. The van der Waals surface area contributed by atoms with Gasteiger partial charge in [0.1, 0.15) is 12.1 Å². The van der Waals surface area contributed by atoms with Crippen molar-refractivity contribution in [3.8, 4) is 16.8 Å². The van der Waals surface area contributed by atoms with Gasteiger partial charge in [0.2, 0.25) is 0 Å². The molecular weight excluding hydrogens is 345 g/mol. The average Bonchev–Trinajstić information content (AvgIpc) is 3.45. The van der Waals surface area contributed by atoms with E-state index in [-0.39, 0.29) is 11.7 Å². The van der Waals surface area contributed by atoms with Crippen LogP contribution in [0.2, 0.25) is 0 Å². The second kappa shape index (κ2) is 6.26. The van der Waals surface area contributed by atoms with Crippen molar-refractivity contribution in [2.45, 2.75) is 25.3 Å². The van der Waals surface area contributed by atoms with Crippen LogP contribution in [0.3, 0.4) is 0 Å². The Morgan fingerprint density at radius 3 is 2.59 bits per heavy atom. The Kier molecular flexibility index (Phi) is 3.74. The zero-order valence-electron chi connectivity index (χ0n) is 14.6. The van der Waals surface area contributed by atoms with Crippen molar-refractivity contribution in [1.29, 1.82) is 0 Å². The third kappa shape index (κ3) is 2.89. The first-order chi connectivity index (χ1) is 13.2. The van der Waals surface area contributed by atoms with Crippen molar-refractivity contribution in [2.24, 2.45) is 5.92 Å². The zero-order chi connectivity index (χ0) is 18.4. The molecule has 0 radical (unpaired) electrons. The molecule has 0 spiro atoms. The minimum atomic E-state index is -0.292. The number of halogens is 1. The molecule has 2 heterocycles. The maximum absolute atomic E-state index is 13.3. The molecule has 2 atom stereocenters. The van der Waals surface area contributed by atoms with E-state index in [0.29, 0.717) is 23.2 Å². The second-order valence-electron chi connectivity index (χ2n) is 7.32. The van der Waals surface area contributed by atoms with Gasteiger partial charge in [0.15, 0.2) is 0 Å². The van der Waals surface area contributed by atoms with Crippen LogP contribution < -0.4 is 0 Å². The minimum absolute atomic E-state index is 0.0421. The van der Waals surface area contributed by atoms with Crippen LogP contribution in [0.4, 0.5) is 4.39 Å². The van der Waals surface area contributed by atoms with Gasteiger partial charge < -0.3 is 4.90 Å². The Morgan fingerprint density at radius 2 is 1.93 bits per heavy atom. The van der Waals surface area contributed by atoms with Crippen LogP contribution in [0.5, 0.6) is 0 Å². The lowest BCUT2D eigenvalue weighted by atomic mass is 10.0. The molecule has 2 fully saturated rings. The lowest BCUT2D eigenvalue weighted by Gasteiger charge is -2.27. The lowest BCUT2D eigenvalue weighted by Crippen LogP contribution is -2.37. The van der Waals surface area contributed by atoms with Gasteiger partial charge in [-0.05, 0) is 77.1 Å². The highest BCUT2D eigenvalue weighted by atomic mass is 19.1. The number of tetrazole rings is 1. The smallest absolute Gasteiger partial charge is 0.254 e. The highest BCUT2D eigenvalue weighted by Crippen LogP contribution is 2.38. The van der Waals surface area contributed by atoms with Crippen molar-refractivity contribution in [3.05, 3.63) is 60.2 Å². The number of rotatable bonds is 3. The van der Waals surface area contributed by atoms with Crippen LogP contribution in [0.25, 0.3) is 16.8 Å². The first-order valence-corrected chi connectivity index (χ1v) is 9.13. The summed E-state index contributed by atoms with van der Waals surface area (Å²) in [7, 11) is 0. The molecule has 2 bridgehead atoms. The molecule has 1 saturated carbocycles. The van der Waals surface area contributed by atoms with Crippen LogP contribution in [-0.2, 0) is 0 Å². The third-order valence-corrected chi connectivity index (χ3v) is 5.63. The fraction of sp³-hybridized carbons (Fsp3) is 0.300. The Balaban J connectivity index is 1.57. The number of hydrogen-bond acceptors (Lipinski definition) is 4. The standard InChI is InChI=1S/C20H18FN5O/c21-17-4-2-14(3-5-17)15-8-16(10-19(9-15)26-12-22-23-24-26)20(27)25-11-13-1-6-18(25)7-13/h2-5,8-10,12-13,18H,1,6-7,11H2. The molecule has 2 aromatic carbocycles. The zero-order valence-corrected chi connectivity index (χ0v) is 14.6. The Hall–Kier alpha value is -3.09. The van der Waals surface area contributed by atoms with Crippen LogP contribution in [0.15, 0.2) is 48.8 Å². The molecule has 1 aliphatic carbocycles. The van der Waals surface area contributed by atoms with Gasteiger partial charge >= 0.3 is 0 Å². The topological polar surface area (TPSA) is 63.9 Å². The van der Waals surface area contributed by atoms with Gasteiger partial charge in [0.25, 0.3) is 5.91 Å². The maximum atomic E-state index is 13.3. The molecule has 7 heteroatoms. The monoisotopic (exact) mass is 363 g/mol. The summed E-state index contributed by atoms with van der Waals surface area (Å²) >= 11 is 0. The molecule has 27 heavy (non-hydrogen) atoms. The number of aromatic nitrogens is 4. The van der Waals surface area contributed by atoms with Crippen molar-refractivity contribution >= 4 is 5.91 Å². The van der Waals surface area contributed by atoms with E-state index in [9.17, 15) is 9.18 Å². The molecule has 6 nitrogen and oxygen atoms in total. The van der Waals surface area contributed by atoms with Crippen LogP contribution >= 0.6 is 0 Å². The molecule has 1 amide bonds. The van der Waals surface area contributed by atoms with Crippen molar-refractivity contribution in [1.82, 2.24) is 25.1 Å². The summed E-state index contributed by atoms with van der Waals surface area (Å²) in [6.07, 6.45) is 4.92. The van der Waals surface area contributed by atoms with E-state index in [2.05, 4.69) is 15.5 Å². The maximum Gasteiger partial charge on any atom is 0.254 e. The molecule has 1 saturated heterocycles. The number of fused-ring (bicyclic) bond motifs is 2. The van der Waals surface area contributed by atoms with E-state index >= 15 is 0 Å². The van der Waals surface area contributed by atoms with E-state index in [1.807, 2.05) is 23.1 Å². The SMILES string of the molecule is O=C(c1cc(-c2ccc(F)cc2)cc(-n2cnnn2)c1)N1CC2CCC1C2. The largest absolute Gasteiger partial charge is 0.335 e. The van der Waals surface area contributed by atoms with E-state index in [4.69, 9.17) is 0 Å². The highest BCUT2D eigenvalue weighted by Gasteiger charge is 2.40. The van der Waals surface area contributed by atoms with E-state index < -0.39 is 0 Å². The molecule has 0 N–H and O–H groups in total. The number of carbonyl (C=O) groups is 1. The number of nitrogens with zero attached hydrogens (tertiary/aromatic N) is 5. The Bertz CT molecular complexity index is 986. The molecule has 1 aliphatic heterocycles. The predicted octanol–water partition coefficient (Wildman–Crippen LogP) is 3.09. The lowest BCUT2D eigenvalue weighted by molar-refractivity contribution is 0.0703. The molecule has 3 aromatic rings. The van der Waals surface area contributed by atoms with Gasteiger partial charge in [-0.25, -0.2) is 9.07 Å². The van der Waals surface area contributed by atoms with E-state index in [1.165, 1.54) is 29.6 Å². The number of piperidine rings is 1. The fourth-order valence-corrected chi connectivity index (χ4v) is 4.29.